The number of carbonyl (C=O) groups is 1. The predicted octanol–water partition coefficient (Wildman–Crippen LogP) is 2.07. The van der Waals surface area contributed by atoms with Crippen molar-refractivity contribution in [2.75, 3.05) is 13.1 Å². The number of hydrogen-bond acceptors (Lipinski definition) is 3. The van der Waals surface area contributed by atoms with Crippen LogP contribution in [-0.2, 0) is 11.3 Å². The molecular weight excluding hydrogens is 305 g/mol. The summed E-state index contributed by atoms with van der Waals surface area (Å²) in [6.07, 6.45) is 3.36. The quantitative estimate of drug-likeness (QED) is 0.869. The van der Waals surface area contributed by atoms with Crippen LogP contribution in [0.4, 0.5) is 4.39 Å². The lowest BCUT2D eigenvalue weighted by atomic mass is 9.97. The molecule has 4 nitrogen and oxygen atoms in total. The number of benzene rings is 1. The number of halogens is 2. The van der Waals surface area contributed by atoms with Gasteiger partial charge >= 0.3 is 0 Å². The molecule has 2 rings (SSSR count). The highest BCUT2D eigenvalue weighted by molar-refractivity contribution is 5.85. The van der Waals surface area contributed by atoms with Crippen LogP contribution in [0.3, 0.4) is 0 Å². The highest BCUT2D eigenvalue weighted by Gasteiger charge is 2.26. The molecule has 22 heavy (non-hydrogen) atoms. The first kappa shape index (κ1) is 18.9. The highest BCUT2D eigenvalue weighted by Crippen LogP contribution is 2.18. The number of piperidine rings is 1. The van der Waals surface area contributed by atoms with Crippen LogP contribution in [0.1, 0.15) is 31.7 Å². The Kier molecular flexibility index (Phi) is 7.79. The summed E-state index contributed by atoms with van der Waals surface area (Å²) in [5.74, 6) is -0.273. The van der Waals surface area contributed by atoms with Gasteiger partial charge in [-0.05, 0) is 44.0 Å². The third-order valence-corrected chi connectivity index (χ3v) is 4.02. The SMILES string of the molecule is CC(N)C1CCCCN1CC(=O)NCc1ccc(F)cc1.Cl. The zero-order valence-corrected chi connectivity index (χ0v) is 13.7. The summed E-state index contributed by atoms with van der Waals surface area (Å²) in [5, 5.41) is 2.88. The zero-order chi connectivity index (χ0) is 15.2. The summed E-state index contributed by atoms with van der Waals surface area (Å²) in [7, 11) is 0. The van der Waals surface area contributed by atoms with Gasteiger partial charge in [-0.25, -0.2) is 4.39 Å². The van der Waals surface area contributed by atoms with Crippen molar-refractivity contribution in [1.82, 2.24) is 10.2 Å². The summed E-state index contributed by atoms with van der Waals surface area (Å²) >= 11 is 0. The molecule has 1 aliphatic heterocycles. The lowest BCUT2D eigenvalue weighted by Crippen LogP contribution is -2.52. The molecule has 2 unspecified atom stereocenters. The highest BCUT2D eigenvalue weighted by atomic mass is 35.5. The molecule has 0 aliphatic carbocycles. The number of nitrogens with zero attached hydrogens (tertiary/aromatic N) is 1. The Bertz CT molecular complexity index is 467. The average Bonchev–Trinajstić information content (AvgIpc) is 2.47. The molecule has 124 valence electrons. The Labute approximate surface area is 137 Å². The second kappa shape index (κ2) is 9.08. The van der Waals surface area contributed by atoms with Crippen molar-refractivity contribution in [3.63, 3.8) is 0 Å². The second-order valence-electron chi connectivity index (χ2n) is 5.80. The van der Waals surface area contributed by atoms with Crippen molar-refractivity contribution in [1.29, 1.82) is 0 Å². The van der Waals surface area contributed by atoms with Gasteiger partial charge in [0.25, 0.3) is 0 Å². The first-order chi connectivity index (χ1) is 10.1. The molecule has 1 aromatic rings. The van der Waals surface area contributed by atoms with Crippen molar-refractivity contribution in [2.24, 2.45) is 5.73 Å². The van der Waals surface area contributed by atoms with Crippen LogP contribution >= 0.6 is 12.4 Å². The standard InChI is InChI=1S/C16H24FN3O.ClH/c1-12(18)15-4-2-3-9-20(15)11-16(21)19-10-13-5-7-14(17)8-6-13;/h5-8,12,15H,2-4,9-11,18H2,1H3,(H,19,21);1H. The Morgan fingerprint density at radius 3 is 2.73 bits per heavy atom. The summed E-state index contributed by atoms with van der Waals surface area (Å²) in [6.45, 7) is 3.73. The topological polar surface area (TPSA) is 58.4 Å². The van der Waals surface area contributed by atoms with E-state index in [2.05, 4.69) is 10.2 Å². The molecule has 2 atom stereocenters. The minimum absolute atomic E-state index is 0. The molecule has 1 heterocycles. The Morgan fingerprint density at radius 2 is 2.09 bits per heavy atom. The fourth-order valence-electron chi connectivity index (χ4n) is 2.85. The van der Waals surface area contributed by atoms with Crippen LogP contribution in [0, 0.1) is 5.82 Å². The first-order valence-corrected chi connectivity index (χ1v) is 7.57. The van der Waals surface area contributed by atoms with Crippen molar-refractivity contribution in [2.45, 2.75) is 44.8 Å². The Balaban J connectivity index is 0.00000242. The van der Waals surface area contributed by atoms with Crippen molar-refractivity contribution < 1.29 is 9.18 Å². The molecule has 1 saturated heterocycles. The van der Waals surface area contributed by atoms with Crippen LogP contribution < -0.4 is 11.1 Å². The lowest BCUT2D eigenvalue weighted by Gasteiger charge is -2.37. The second-order valence-corrected chi connectivity index (χ2v) is 5.80. The van der Waals surface area contributed by atoms with Crippen molar-refractivity contribution in [3.05, 3.63) is 35.6 Å². The number of nitrogens with one attached hydrogen (secondary N) is 1. The number of likely N-dealkylation sites (tertiary alicyclic amines) is 1. The lowest BCUT2D eigenvalue weighted by molar-refractivity contribution is -0.123. The van der Waals surface area contributed by atoms with E-state index >= 15 is 0 Å². The van der Waals surface area contributed by atoms with E-state index in [4.69, 9.17) is 5.73 Å². The normalized spacial score (nSPS) is 20.0. The molecule has 3 N–H and O–H groups in total. The molecule has 0 radical (unpaired) electrons. The van der Waals surface area contributed by atoms with Gasteiger partial charge in [0.2, 0.25) is 5.91 Å². The van der Waals surface area contributed by atoms with Crippen LogP contribution in [0.15, 0.2) is 24.3 Å². The molecule has 1 aromatic carbocycles. The van der Waals surface area contributed by atoms with E-state index in [9.17, 15) is 9.18 Å². The van der Waals surface area contributed by atoms with E-state index in [1.807, 2.05) is 6.92 Å². The molecule has 1 aliphatic rings. The molecule has 0 spiro atoms. The fourth-order valence-corrected chi connectivity index (χ4v) is 2.85. The first-order valence-electron chi connectivity index (χ1n) is 7.57. The van der Waals surface area contributed by atoms with Crippen molar-refractivity contribution >= 4 is 18.3 Å². The molecule has 1 fully saturated rings. The minimum Gasteiger partial charge on any atom is -0.351 e. The van der Waals surface area contributed by atoms with Gasteiger partial charge < -0.3 is 11.1 Å². The van der Waals surface area contributed by atoms with Gasteiger partial charge in [-0.2, -0.15) is 0 Å². The fraction of sp³-hybridized carbons (Fsp3) is 0.562. The molecule has 0 aromatic heterocycles. The maximum atomic E-state index is 12.8. The van der Waals surface area contributed by atoms with Gasteiger partial charge in [0.15, 0.2) is 0 Å². The number of nitrogens with two attached hydrogens (primary N) is 1. The Morgan fingerprint density at radius 1 is 1.41 bits per heavy atom. The van der Waals surface area contributed by atoms with E-state index < -0.39 is 0 Å². The third-order valence-electron chi connectivity index (χ3n) is 4.02. The summed E-state index contributed by atoms with van der Waals surface area (Å²) in [6, 6.07) is 6.53. The van der Waals surface area contributed by atoms with E-state index in [1.54, 1.807) is 12.1 Å². The van der Waals surface area contributed by atoms with E-state index in [1.165, 1.54) is 18.6 Å². The molecular formula is C16H25ClFN3O. The predicted molar refractivity (Wildman–Crippen MR) is 88.4 cm³/mol. The van der Waals surface area contributed by atoms with Gasteiger partial charge in [0.1, 0.15) is 5.82 Å². The third kappa shape index (κ3) is 5.55. The summed E-state index contributed by atoms with van der Waals surface area (Å²) in [4.78, 5) is 14.2. The minimum atomic E-state index is -0.266. The van der Waals surface area contributed by atoms with Crippen molar-refractivity contribution in [3.8, 4) is 0 Å². The number of amides is 1. The van der Waals surface area contributed by atoms with Gasteiger partial charge in [0.05, 0.1) is 6.54 Å². The summed E-state index contributed by atoms with van der Waals surface area (Å²) < 4.78 is 12.8. The van der Waals surface area contributed by atoms with E-state index in [0.717, 1.165) is 24.9 Å². The number of hydrogen-bond donors (Lipinski definition) is 2. The maximum absolute atomic E-state index is 12.8. The van der Waals surface area contributed by atoms with Crippen LogP contribution in [-0.4, -0.2) is 36.0 Å². The zero-order valence-electron chi connectivity index (χ0n) is 12.9. The van der Waals surface area contributed by atoms with E-state index in [-0.39, 0.29) is 36.2 Å². The van der Waals surface area contributed by atoms with Gasteiger partial charge in [0, 0.05) is 18.6 Å². The Hall–Kier alpha value is -1.17. The molecule has 0 saturated carbocycles. The monoisotopic (exact) mass is 329 g/mol. The van der Waals surface area contributed by atoms with Crippen LogP contribution in [0.25, 0.3) is 0 Å². The summed E-state index contributed by atoms with van der Waals surface area (Å²) in [5.41, 5.74) is 6.90. The van der Waals surface area contributed by atoms with Gasteiger partial charge in [-0.1, -0.05) is 18.6 Å². The van der Waals surface area contributed by atoms with Crippen LogP contribution in [0.2, 0.25) is 0 Å². The number of rotatable bonds is 5. The molecule has 1 amide bonds. The largest absolute Gasteiger partial charge is 0.351 e. The maximum Gasteiger partial charge on any atom is 0.234 e. The van der Waals surface area contributed by atoms with E-state index in [0.29, 0.717) is 13.1 Å². The molecule has 0 bridgehead atoms. The van der Waals surface area contributed by atoms with Gasteiger partial charge in [-0.3, -0.25) is 9.69 Å². The smallest absolute Gasteiger partial charge is 0.234 e. The van der Waals surface area contributed by atoms with Gasteiger partial charge in [-0.15, -0.1) is 12.4 Å². The molecule has 6 heteroatoms. The average molecular weight is 330 g/mol. The number of carbonyl (C=O) groups excluding carboxylic acids is 1. The van der Waals surface area contributed by atoms with Crippen LogP contribution in [0.5, 0.6) is 0 Å².